The number of aromatic nitrogens is 2. The van der Waals surface area contributed by atoms with Crippen molar-refractivity contribution in [2.45, 2.75) is 59.5 Å². The molecule has 3 heteroatoms. The molecule has 2 rings (SSSR count). The predicted molar refractivity (Wildman–Crippen MR) is 90.6 cm³/mol. The minimum absolute atomic E-state index is 0.205. The predicted octanol–water partition coefficient (Wildman–Crippen LogP) is 4.01. The maximum Gasteiger partial charge on any atom is 0.110 e. The lowest BCUT2D eigenvalue weighted by Gasteiger charge is -2.22. The Morgan fingerprint density at radius 1 is 1.24 bits per heavy atom. The summed E-state index contributed by atoms with van der Waals surface area (Å²) in [7, 11) is 0. The van der Waals surface area contributed by atoms with E-state index in [-0.39, 0.29) is 5.54 Å². The molecule has 0 radical (unpaired) electrons. The zero-order chi connectivity index (χ0) is 15.5. The van der Waals surface area contributed by atoms with Crippen molar-refractivity contribution in [2.24, 2.45) is 5.92 Å². The Labute approximate surface area is 128 Å². The molecule has 0 aliphatic heterocycles. The molecule has 1 aromatic carbocycles. The smallest absolute Gasteiger partial charge is 0.110 e. The normalized spacial score (nSPS) is 13.8. The molecular weight excluding hydrogens is 258 g/mol. The summed E-state index contributed by atoms with van der Waals surface area (Å²) in [6.45, 7) is 13.2. The van der Waals surface area contributed by atoms with Gasteiger partial charge in [0.25, 0.3) is 0 Å². The van der Waals surface area contributed by atoms with E-state index in [0.29, 0.717) is 5.92 Å². The Morgan fingerprint density at radius 2 is 1.95 bits per heavy atom. The number of nitrogens with one attached hydrogen (secondary N) is 1. The number of nitrogens with zero attached hydrogens (tertiary/aromatic N) is 2. The summed E-state index contributed by atoms with van der Waals surface area (Å²) < 4.78 is 2.35. The van der Waals surface area contributed by atoms with Gasteiger partial charge in [-0.3, -0.25) is 0 Å². The minimum Gasteiger partial charge on any atom is -0.328 e. The number of fused-ring (bicyclic) bond motifs is 1. The number of imidazole rings is 1. The van der Waals surface area contributed by atoms with Crippen LogP contribution in [-0.2, 0) is 13.0 Å². The van der Waals surface area contributed by atoms with Crippen LogP contribution in [0.25, 0.3) is 11.0 Å². The first-order valence-electron chi connectivity index (χ1n) is 8.10. The highest BCUT2D eigenvalue weighted by Gasteiger charge is 2.14. The van der Waals surface area contributed by atoms with Gasteiger partial charge in [0, 0.05) is 18.5 Å². The summed E-state index contributed by atoms with van der Waals surface area (Å²) in [5.74, 6) is 1.86. The lowest BCUT2D eigenvalue weighted by Crippen LogP contribution is -2.37. The molecule has 0 amide bonds. The van der Waals surface area contributed by atoms with Gasteiger partial charge in [0.15, 0.2) is 0 Å². The van der Waals surface area contributed by atoms with Crippen LogP contribution >= 0.6 is 0 Å². The van der Waals surface area contributed by atoms with E-state index in [9.17, 15) is 0 Å². The molecular formula is C18H29N3. The van der Waals surface area contributed by atoms with Crippen molar-refractivity contribution in [3.8, 4) is 0 Å². The highest BCUT2D eigenvalue weighted by molar-refractivity contribution is 5.75. The molecule has 1 unspecified atom stereocenters. The maximum absolute atomic E-state index is 4.82. The first kappa shape index (κ1) is 16.0. The Kier molecular flexibility index (Phi) is 5.04. The number of benzene rings is 1. The van der Waals surface area contributed by atoms with Crippen LogP contribution in [0.5, 0.6) is 0 Å². The van der Waals surface area contributed by atoms with Crippen LogP contribution in [0, 0.1) is 5.92 Å². The van der Waals surface area contributed by atoms with Crippen LogP contribution in [0.15, 0.2) is 24.3 Å². The van der Waals surface area contributed by atoms with Crippen molar-refractivity contribution < 1.29 is 0 Å². The summed E-state index contributed by atoms with van der Waals surface area (Å²) in [6.07, 6.45) is 2.23. The van der Waals surface area contributed by atoms with E-state index in [1.165, 1.54) is 17.8 Å². The third-order valence-corrected chi connectivity index (χ3v) is 3.87. The van der Waals surface area contributed by atoms with E-state index in [0.717, 1.165) is 25.0 Å². The van der Waals surface area contributed by atoms with E-state index in [1.807, 2.05) is 0 Å². The fraction of sp³-hybridized carbons (Fsp3) is 0.611. The highest BCUT2D eigenvalue weighted by Crippen LogP contribution is 2.19. The van der Waals surface area contributed by atoms with Crippen molar-refractivity contribution in [1.29, 1.82) is 0 Å². The van der Waals surface area contributed by atoms with Gasteiger partial charge in [-0.1, -0.05) is 19.1 Å². The van der Waals surface area contributed by atoms with Crippen molar-refractivity contribution in [3.05, 3.63) is 30.1 Å². The molecule has 0 bridgehead atoms. The van der Waals surface area contributed by atoms with Gasteiger partial charge >= 0.3 is 0 Å². The topological polar surface area (TPSA) is 29.9 Å². The number of hydrogen-bond donors (Lipinski definition) is 1. The van der Waals surface area contributed by atoms with Gasteiger partial charge in [0.1, 0.15) is 5.82 Å². The quantitative estimate of drug-likeness (QED) is 0.870. The van der Waals surface area contributed by atoms with Crippen LogP contribution in [0.4, 0.5) is 0 Å². The van der Waals surface area contributed by atoms with Crippen LogP contribution in [-0.4, -0.2) is 21.6 Å². The fourth-order valence-corrected chi connectivity index (χ4v) is 2.74. The average molecular weight is 287 g/mol. The molecule has 0 saturated heterocycles. The van der Waals surface area contributed by atoms with Gasteiger partial charge in [0.05, 0.1) is 11.0 Å². The van der Waals surface area contributed by atoms with Gasteiger partial charge in [-0.2, -0.15) is 0 Å². The van der Waals surface area contributed by atoms with Crippen LogP contribution in [0.2, 0.25) is 0 Å². The van der Waals surface area contributed by atoms with Crippen molar-refractivity contribution in [2.75, 3.05) is 6.54 Å². The lowest BCUT2D eigenvalue weighted by molar-refractivity contribution is 0.390. The standard InChI is InChI=1S/C18H29N3/c1-6-21-16-10-8-7-9-15(16)20-17(21)13-14(2)11-12-19-18(3,4)5/h7-10,14,19H,6,11-13H2,1-5H3. The molecule has 21 heavy (non-hydrogen) atoms. The van der Waals surface area contributed by atoms with Crippen LogP contribution in [0.1, 0.15) is 46.9 Å². The molecule has 1 N–H and O–H groups in total. The number of rotatable bonds is 6. The summed E-state index contributed by atoms with van der Waals surface area (Å²) in [4.78, 5) is 4.82. The van der Waals surface area contributed by atoms with E-state index in [2.05, 4.69) is 68.8 Å². The second kappa shape index (κ2) is 6.61. The van der Waals surface area contributed by atoms with E-state index >= 15 is 0 Å². The zero-order valence-electron chi connectivity index (χ0n) is 14.1. The van der Waals surface area contributed by atoms with Crippen molar-refractivity contribution >= 4 is 11.0 Å². The first-order chi connectivity index (χ1) is 9.90. The van der Waals surface area contributed by atoms with Gasteiger partial charge in [0.2, 0.25) is 0 Å². The Morgan fingerprint density at radius 3 is 2.62 bits per heavy atom. The van der Waals surface area contributed by atoms with Gasteiger partial charge < -0.3 is 9.88 Å². The van der Waals surface area contributed by atoms with Gasteiger partial charge in [-0.05, 0) is 58.7 Å². The van der Waals surface area contributed by atoms with E-state index in [4.69, 9.17) is 4.98 Å². The van der Waals surface area contributed by atoms with Crippen LogP contribution < -0.4 is 5.32 Å². The molecule has 0 spiro atoms. The minimum atomic E-state index is 0.205. The van der Waals surface area contributed by atoms with Crippen molar-refractivity contribution in [1.82, 2.24) is 14.9 Å². The third kappa shape index (κ3) is 4.31. The highest BCUT2D eigenvalue weighted by atomic mass is 15.1. The molecule has 1 aromatic heterocycles. The SMILES string of the molecule is CCn1c(CC(C)CCNC(C)(C)C)nc2ccccc21. The second-order valence-corrected chi connectivity index (χ2v) is 7.04. The molecule has 0 aliphatic rings. The molecule has 0 aliphatic carbocycles. The second-order valence-electron chi connectivity index (χ2n) is 7.04. The van der Waals surface area contributed by atoms with Crippen LogP contribution in [0.3, 0.4) is 0 Å². The molecule has 0 fully saturated rings. The first-order valence-corrected chi connectivity index (χ1v) is 8.10. The molecule has 116 valence electrons. The summed E-state index contributed by atoms with van der Waals surface area (Å²) in [5, 5.41) is 3.57. The third-order valence-electron chi connectivity index (χ3n) is 3.87. The summed E-state index contributed by atoms with van der Waals surface area (Å²) >= 11 is 0. The molecule has 1 atom stereocenters. The molecule has 1 heterocycles. The fourth-order valence-electron chi connectivity index (χ4n) is 2.74. The monoisotopic (exact) mass is 287 g/mol. The van der Waals surface area contributed by atoms with Crippen molar-refractivity contribution in [3.63, 3.8) is 0 Å². The van der Waals surface area contributed by atoms with Gasteiger partial charge in [-0.15, -0.1) is 0 Å². The molecule has 2 aromatic rings. The summed E-state index contributed by atoms with van der Waals surface area (Å²) in [6, 6.07) is 8.43. The van der Waals surface area contributed by atoms with E-state index < -0.39 is 0 Å². The Bertz CT molecular complexity index is 578. The van der Waals surface area contributed by atoms with Gasteiger partial charge in [-0.25, -0.2) is 4.98 Å². The molecule has 0 saturated carbocycles. The maximum atomic E-state index is 4.82. The Balaban J connectivity index is 2.02. The van der Waals surface area contributed by atoms with E-state index in [1.54, 1.807) is 0 Å². The largest absolute Gasteiger partial charge is 0.328 e. The zero-order valence-corrected chi connectivity index (χ0v) is 14.1. The number of aryl methyl sites for hydroxylation is 1. The number of para-hydroxylation sites is 2. The average Bonchev–Trinajstić information content (AvgIpc) is 2.74. The summed E-state index contributed by atoms with van der Waals surface area (Å²) in [5.41, 5.74) is 2.58. The number of hydrogen-bond acceptors (Lipinski definition) is 2. The molecule has 3 nitrogen and oxygen atoms in total. The Hall–Kier alpha value is -1.35. The lowest BCUT2D eigenvalue weighted by atomic mass is 10.0.